The summed E-state index contributed by atoms with van der Waals surface area (Å²) in [5.74, 6) is -1.81. The van der Waals surface area contributed by atoms with Gasteiger partial charge in [-0.2, -0.15) is 0 Å². The third-order valence-electron chi connectivity index (χ3n) is 3.04. The number of halogens is 4. The molecule has 0 heterocycles. The van der Waals surface area contributed by atoms with Crippen LogP contribution in [0.1, 0.15) is 21.5 Å². The summed E-state index contributed by atoms with van der Waals surface area (Å²) in [7, 11) is 1.35. The molecule has 5 heteroatoms. The molecule has 0 amide bonds. The van der Waals surface area contributed by atoms with Gasteiger partial charge in [-0.15, -0.1) is 0 Å². The number of hydrogen-bond acceptors (Lipinski definition) is 1. The molecule has 0 aliphatic heterocycles. The number of methoxy groups -OCH3 is 1. The molecular formula is C15H12BrF3O. The van der Waals surface area contributed by atoms with Crippen LogP contribution in [0, 0.1) is 24.4 Å². The molecule has 0 fully saturated rings. The number of alkyl halides is 1. The molecule has 0 aromatic heterocycles. The Bertz CT molecular complexity index is 643. The molecule has 0 spiro atoms. The van der Waals surface area contributed by atoms with Crippen molar-refractivity contribution in [1.29, 1.82) is 0 Å². The Balaban J connectivity index is 2.49. The summed E-state index contributed by atoms with van der Waals surface area (Å²) in [4.78, 5) is -0.775. The standard InChI is InChI=1S/C15H12BrF3O/c1-8-3-5-10(17)13(15(8)19)14(16)9-4-6-12(20-2)11(18)7-9/h3-7,14H,1-2H3. The van der Waals surface area contributed by atoms with E-state index in [1.54, 1.807) is 13.0 Å². The smallest absolute Gasteiger partial charge is 0.165 e. The molecule has 106 valence electrons. The fourth-order valence-electron chi connectivity index (χ4n) is 1.92. The Kier molecular flexibility index (Phi) is 4.38. The molecule has 0 radical (unpaired) electrons. The maximum Gasteiger partial charge on any atom is 0.165 e. The molecule has 0 bridgehead atoms. The van der Waals surface area contributed by atoms with Crippen LogP contribution < -0.4 is 4.74 Å². The molecule has 0 saturated heterocycles. The van der Waals surface area contributed by atoms with Crippen molar-refractivity contribution in [1.82, 2.24) is 0 Å². The molecule has 1 atom stereocenters. The molecule has 2 aromatic carbocycles. The van der Waals surface area contributed by atoms with Gasteiger partial charge in [0.05, 0.1) is 11.9 Å². The Morgan fingerprint density at radius 1 is 1.05 bits per heavy atom. The minimum Gasteiger partial charge on any atom is -0.494 e. The number of hydrogen-bond donors (Lipinski definition) is 0. The minimum atomic E-state index is -0.775. The first-order chi connectivity index (χ1) is 9.45. The van der Waals surface area contributed by atoms with Gasteiger partial charge in [-0.05, 0) is 36.2 Å². The summed E-state index contributed by atoms with van der Waals surface area (Å²) in [5, 5.41) is 0. The Morgan fingerprint density at radius 3 is 2.35 bits per heavy atom. The predicted octanol–water partition coefficient (Wildman–Crippen LogP) is 4.91. The molecule has 2 rings (SSSR count). The largest absolute Gasteiger partial charge is 0.494 e. The highest BCUT2D eigenvalue weighted by Gasteiger charge is 2.21. The lowest BCUT2D eigenvalue weighted by molar-refractivity contribution is 0.386. The molecule has 0 N–H and O–H groups in total. The van der Waals surface area contributed by atoms with Crippen molar-refractivity contribution in [3.8, 4) is 5.75 Å². The second-order valence-electron chi connectivity index (χ2n) is 4.35. The fourth-order valence-corrected chi connectivity index (χ4v) is 2.62. The van der Waals surface area contributed by atoms with Gasteiger partial charge in [0.1, 0.15) is 11.6 Å². The van der Waals surface area contributed by atoms with Crippen molar-refractivity contribution in [3.05, 3.63) is 64.5 Å². The van der Waals surface area contributed by atoms with Crippen LogP contribution in [0.4, 0.5) is 13.2 Å². The SMILES string of the molecule is COc1ccc(C(Br)c2c(F)ccc(C)c2F)cc1F. The number of ether oxygens (including phenoxy) is 1. The summed E-state index contributed by atoms with van der Waals surface area (Å²) < 4.78 is 46.4. The van der Waals surface area contributed by atoms with Gasteiger partial charge in [-0.25, -0.2) is 13.2 Å². The highest BCUT2D eigenvalue weighted by Crippen LogP contribution is 2.36. The van der Waals surface area contributed by atoms with Gasteiger partial charge in [0, 0.05) is 5.56 Å². The fraction of sp³-hybridized carbons (Fsp3) is 0.200. The zero-order chi connectivity index (χ0) is 14.9. The maximum absolute atomic E-state index is 14.1. The third-order valence-corrected chi connectivity index (χ3v) is 4.03. The summed E-state index contributed by atoms with van der Waals surface area (Å²) in [6, 6.07) is 6.73. The summed E-state index contributed by atoms with van der Waals surface area (Å²) in [5.41, 5.74) is 0.612. The quantitative estimate of drug-likeness (QED) is 0.719. The van der Waals surface area contributed by atoms with Gasteiger partial charge < -0.3 is 4.74 Å². The Labute approximate surface area is 123 Å². The van der Waals surface area contributed by atoms with Crippen molar-refractivity contribution in [3.63, 3.8) is 0 Å². The van der Waals surface area contributed by atoms with Crippen LogP contribution in [-0.4, -0.2) is 7.11 Å². The number of rotatable bonds is 3. The van der Waals surface area contributed by atoms with Crippen molar-refractivity contribution in [2.45, 2.75) is 11.8 Å². The van der Waals surface area contributed by atoms with Crippen molar-refractivity contribution in [2.75, 3.05) is 7.11 Å². The molecule has 1 unspecified atom stereocenters. The molecule has 0 saturated carbocycles. The predicted molar refractivity (Wildman–Crippen MR) is 74.8 cm³/mol. The maximum atomic E-state index is 14.1. The highest BCUT2D eigenvalue weighted by atomic mass is 79.9. The monoisotopic (exact) mass is 344 g/mol. The zero-order valence-electron chi connectivity index (χ0n) is 10.9. The van der Waals surface area contributed by atoms with Crippen LogP contribution in [0.25, 0.3) is 0 Å². The van der Waals surface area contributed by atoms with Gasteiger partial charge in [-0.3, -0.25) is 0 Å². The van der Waals surface area contributed by atoms with E-state index in [4.69, 9.17) is 4.74 Å². The topological polar surface area (TPSA) is 9.23 Å². The van der Waals surface area contributed by atoms with E-state index in [2.05, 4.69) is 15.9 Å². The van der Waals surface area contributed by atoms with Crippen LogP contribution >= 0.6 is 15.9 Å². The summed E-state index contributed by atoms with van der Waals surface area (Å²) in [6.07, 6.45) is 0. The van der Waals surface area contributed by atoms with Crippen molar-refractivity contribution < 1.29 is 17.9 Å². The first-order valence-corrected chi connectivity index (χ1v) is 6.79. The van der Waals surface area contributed by atoms with Gasteiger partial charge in [0.25, 0.3) is 0 Å². The lowest BCUT2D eigenvalue weighted by Gasteiger charge is -2.15. The molecular weight excluding hydrogens is 333 g/mol. The minimum absolute atomic E-state index is 0.0821. The zero-order valence-corrected chi connectivity index (χ0v) is 12.5. The normalized spacial score (nSPS) is 12.3. The van der Waals surface area contributed by atoms with E-state index in [0.717, 1.165) is 0 Å². The lowest BCUT2D eigenvalue weighted by atomic mass is 10.0. The summed E-state index contributed by atoms with van der Waals surface area (Å²) in [6.45, 7) is 1.55. The van der Waals surface area contributed by atoms with Crippen LogP contribution in [-0.2, 0) is 0 Å². The highest BCUT2D eigenvalue weighted by molar-refractivity contribution is 9.09. The summed E-state index contributed by atoms with van der Waals surface area (Å²) >= 11 is 3.22. The first kappa shape index (κ1) is 14.9. The van der Waals surface area contributed by atoms with E-state index in [1.807, 2.05) is 0 Å². The Morgan fingerprint density at radius 2 is 1.75 bits per heavy atom. The molecule has 1 nitrogen and oxygen atoms in total. The van der Waals surface area contributed by atoms with E-state index in [9.17, 15) is 13.2 Å². The first-order valence-electron chi connectivity index (χ1n) is 5.87. The second-order valence-corrected chi connectivity index (χ2v) is 5.26. The van der Waals surface area contributed by atoms with Gasteiger partial charge in [0.15, 0.2) is 11.6 Å². The van der Waals surface area contributed by atoms with Gasteiger partial charge in [0.2, 0.25) is 0 Å². The van der Waals surface area contributed by atoms with E-state index >= 15 is 0 Å². The van der Waals surface area contributed by atoms with E-state index in [-0.39, 0.29) is 11.3 Å². The van der Waals surface area contributed by atoms with Gasteiger partial charge in [-0.1, -0.05) is 28.1 Å². The lowest BCUT2D eigenvalue weighted by Crippen LogP contribution is -2.03. The van der Waals surface area contributed by atoms with E-state index in [1.165, 1.54) is 31.4 Å². The van der Waals surface area contributed by atoms with E-state index < -0.39 is 22.3 Å². The molecule has 2 aromatic rings. The molecule has 20 heavy (non-hydrogen) atoms. The van der Waals surface area contributed by atoms with Crippen molar-refractivity contribution >= 4 is 15.9 Å². The van der Waals surface area contributed by atoms with Crippen LogP contribution in [0.15, 0.2) is 30.3 Å². The van der Waals surface area contributed by atoms with Crippen molar-refractivity contribution in [2.24, 2.45) is 0 Å². The van der Waals surface area contributed by atoms with E-state index in [0.29, 0.717) is 11.1 Å². The number of benzene rings is 2. The van der Waals surface area contributed by atoms with Crippen LogP contribution in [0.3, 0.4) is 0 Å². The second kappa shape index (κ2) is 5.87. The van der Waals surface area contributed by atoms with Crippen LogP contribution in [0.2, 0.25) is 0 Å². The molecule has 0 aliphatic carbocycles. The van der Waals surface area contributed by atoms with Crippen LogP contribution in [0.5, 0.6) is 5.75 Å². The Hall–Kier alpha value is -1.49. The van der Waals surface area contributed by atoms with Gasteiger partial charge >= 0.3 is 0 Å². The number of aryl methyl sites for hydroxylation is 1. The average Bonchev–Trinajstić information content (AvgIpc) is 2.43. The average molecular weight is 345 g/mol. The molecule has 0 aliphatic rings. The third kappa shape index (κ3) is 2.68.